The largest absolute Gasteiger partial charge is 0.421 e. The molecule has 1 aromatic carbocycles. The molecule has 82 valence electrons. The van der Waals surface area contributed by atoms with Crippen molar-refractivity contribution >= 4 is 5.69 Å². The van der Waals surface area contributed by atoms with Gasteiger partial charge >= 0.3 is 6.18 Å². The predicted octanol–water partition coefficient (Wildman–Crippen LogP) is 2.25. The van der Waals surface area contributed by atoms with Crippen LogP contribution in [-0.4, -0.2) is 17.8 Å². The van der Waals surface area contributed by atoms with Crippen molar-refractivity contribution in [1.82, 2.24) is 0 Å². The lowest BCUT2D eigenvalue weighted by molar-refractivity contribution is -0.268. The highest BCUT2D eigenvalue weighted by Crippen LogP contribution is 2.46. The summed E-state index contributed by atoms with van der Waals surface area (Å²) in [5.41, 5.74) is -2.46. The zero-order valence-electron chi connectivity index (χ0n) is 7.80. The summed E-state index contributed by atoms with van der Waals surface area (Å²) in [7, 11) is 0. The van der Waals surface area contributed by atoms with E-state index in [1.54, 1.807) is 6.07 Å². The molecule has 5 heteroatoms. The van der Waals surface area contributed by atoms with E-state index < -0.39 is 11.8 Å². The molecule has 1 unspecified atom stereocenters. The minimum absolute atomic E-state index is 0.0937. The van der Waals surface area contributed by atoms with Crippen LogP contribution >= 0.6 is 0 Å². The molecule has 0 fully saturated rings. The second-order valence-electron chi connectivity index (χ2n) is 3.58. The summed E-state index contributed by atoms with van der Waals surface area (Å²) in [5, 5.41) is 12.5. The van der Waals surface area contributed by atoms with Crippen molar-refractivity contribution in [3.63, 3.8) is 0 Å². The molecule has 0 saturated carbocycles. The van der Waals surface area contributed by atoms with Gasteiger partial charge in [0, 0.05) is 24.2 Å². The molecule has 1 aromatic rings. The highest BCUT2D eigenvalue weighted by atomic mass is 19.4. The molecular formula is C10H10F3NO. The van der Waals surface area contributed by atoms with E-state index >= 15 is 0 Å². The molecule has 0 aliphatic carbocycles. The zero-order chi connectivity index (χ0) is 11.1. The van der Waals surface area contributed by atoms with Crippen LogP contribution in [0.15, 0.2) is 24.3 Å². The summed E-state index contributed by atoms with van der Waals surface area (Å²) in [5.74, 6) is 0. The van der Waals surface area contributed by atoms with Crippen molar-refractivity contribution in [3.8, 4) is 0 Å². The molecule has 0 radical (unpaired) electrons. The second kappa shape index (κ2) is 3.13. The molecule has 0 spiro atoms. The summed E-state index contributed by atoms with van der Waals surface area (Å²) in [6, 6.07) is 5.96. The summed E-state index contributed by atoms with van der Waals surface area (Å²) >= 11 is 0. The third-order valence-electron chi connectivity index (χ3n) is 2.64. The van der Waals surface area contributed by atoms with Gasteiger partial charge in [-0.3, -0.25) is 0 Å². The van der Waals surface area contributed by atoms with Crippen molar-refractivity contribution in [2.75, 3.05) is 11.9 Å². The Morgan fingerprint density at radius 3 is 2.60 bits per heavy atom. The van der Waals surface area contributed by atoms with Gasteiger partial charge in [0.15, 0.2) is 5.60 Å². The summed E-state index contributed by atoms with van der Waals surface area (Å²) in [6.07, 6.45) is -4.99. The van der Waals surface area contributed by atoms with Crippen molar-refractivity contribution in [2.24, 2.45) is 0 Å². The van der Waals surface area contributed by atoms with Gasteiger partial charge in [-0.1, -0.05) is 18.2 Å². The lowest BCUT2D eigenvalue weighted by atomic mass is 9.86. The monoisotopic (exact) mass is 217 g/mol. The van der Waals surface area contributed by atoms with Crippen LogP contribution in [0.1, 0.15) is 12.0 Å². The molecule has 2 nitrogen and oxygen atoms in total. The zero-order valence-corrected chi connectivity index (χ0v) is 7.80. The highest BCUT2D eigenvalue weighted by molar-refractivity contribution is 5.56. The molecule has 0 aromatic heterocycles. The number of hydrogen-bond donors (Lipinski definition) is 2. The van der Waals surface area contributed by atoms with Crippen molar-refractivity contribution in [2.45, 2.75) is 18.2 Å². The molecule has 1 heterocycles. The fourth-order valence-electron chi connectivity index (χ4n) is 1.81. The first-order valence-corrected chi connectivity index (χ1v) is 4.58. The number of aliphatic hydroxyl groups is 1. The fourth-order valence-corrected chi connectivity index (χ4v) is 1.81. The molecule has 0 bridgehead atoms. The van der Waals surface area contributed by atoms with E-state index in [0.29, 0.717) is 5.69 Å². The number of fused-ring (bicyclic) bond motifs is 1. The lowest BCUT2D eigenvalue weighted by Gasteiger charge is -2.36. The number of benzene rings is 1. The number of halogens is 3. The van der Waals surface area contributed by atoms with Crippen LogP contribution in [0, 0.1) is 0 Å². The van der Waals surface area contributed by atoms with Crippen LogP contribution in [0.3, 0.4) is 0 Å². The molecule has 1 aliphatic heterocycles. The predicted molar refractivity (Wildman–Crippen MR) is 49.5 cm³/mol. The third-order valence-corrected chi connectivity index (χ3v) is 2.64. The van der Waals surface area contributed by atoms with E-state index in [4.69, 9.17) is 0 Å². The van der Waals surface area contributed by atoms with Gasteiger partial charge in [0.05, 0.1) is 0 Å². The SMILES string of the molecule is OC1(C(F)(F)F)CCNc2ccccc21. The number of hydrogen-bond acceptors (Lipinski definition) is 2. The van der Waals surface area contributed by atoms with Crippen LogP contribution in [0.4, 0.5) is 18.9 Å². The molecule has 0 amide bonds. The summed E-state index contributed by atoms with van der Waals surface area (Å²) in [4.78, 5) is 0. The van der Waals surface area contributed by atoms with E-state index in [1.165, 1.54) is 18.2 Å². The van der Waals surface area contributed by atoms with Gasteiger partial charge in [-0.25, -0.2) is 0 Å². The Balaban J connectivity index is 2.55. The standard InChI is InChI=1S/C10H10F3NO/c11-10(12,13)9(15)5-6-14-8-4-2-1-3-7(8)9/h1-4,14-15H,5-6H2. The average molecular weight is 217 g/mol. The number of alkyl halides is 3. The number of nitrogens with one attached hydrogen (secondary N) is 1. The number of para-hydroxylation sites is 1. The maximum Gasteiger partial charge on any atom is 0.421 e. The minimum atomic E-state index is -4.63. The fraction of sp³-hybridized carbons (Fsp3) is 0.400. The Morgan fingerprint density at radius 2 is 1.93 bits per heavy atom. The first-order valence-electron chi connectivity index (χ1n) is 4.58. The van der Waals surface area contributed by atoms with Gasteiger partial charge in [0.1, 0.15) is 0 Å². The van der Waals surface area contributed by atoms with E-state index in [0.717, 1.165) is 0 Å². The Bertz CT molecular complexity index is 377. The third kappa shape index (κ3) is 1.47. The lowest BCUT2D eigenvalue weighted by Crippen LogP contribution is -2.46. The van der Waals surface area contributed by atoms with Crippen LogP contribution in [-0.2, 0) is 5.60 Å². The van der Waals surface area contributed by atoms with Gasteiger partial charge in [0.25, 0.3) is 0 Å². The van der Waals surface area contributed by atoms with E-state index in [2.05, 4.69) is 5.32 Å². The van der Waals surface area contributed by atoms with Crippen molar-refractivity contribution in [3.05, 3.63) is 29.8 Å². The van der Waals surface area contributed by atoms with Crippen molar-refractivity contribution in [1.29, 1.82) is 0 Å². The molecule has 2 rings (SSSR count). The van der Waals surface area contributed by atoms with Gasteiger partial charge in [0.2, 0.25) is 0 Å². The second-order valence-corrected chi connectivity index (χ2v) is 3.58. The van der Waals surface area contributed by atoms with E-state index in [9.17, 15) is 18.3 Å². The molecule has 1 aliphatic rings. The van der Waals surface area contributed by atoms with Gasteiger partial charge in [-0.2, -0.15) is 13.2 Å². The first-order chi connectivity index (χ1) is 6.95. The number of anilines is 1. The maximum absolute atomic E-state index is 12.7. The quantitative estimate of drug-likeness (QED) is 0.698. The molecule has 15 heavy (non-hydrogen) atoms. The summed E-state index contributed by atoms with van der Waals surface area (Å²) < 4.78 is 38.2. The Hall–Kier alpha value is -1.23. The van der Waals surface area contributed by atoms with Crippen LogP contribution < -0.4 is 5.32 Å². The van der Waals surface area contributed by atoms with Crippen molar-refractivity contribution < 1.29 is 18.3 Å². The molecule has 1 atom stereocenters. The first kappa shape index (κ1) is 10.3. The van der Waals surface area contributed by atoms with Gasteiger partial charge in [-0.05, 0) is 6.07 Å². The van der Waals surface area contributed by atoms with Gasteiger partial charge < -0.3 is 10.4 Å². The van der Waals surface area contributed by atoms with Crippen LogP contribution in [0.5, 0.6) is 0 Å². The highest BCUT2D eigenvalue weighted by Gasteiger charge is 2.56. The molecule has 0 saturated heterocycles. The van der Waals surface area contributed by atoms with E-state index in [-0.39, 0.29) is 18.5 Å². The molecular weight excluding hydrogens is 207 g/mol. The van der Waals surface area contributed by atoms with E-state index in [1.807, 2.05) is 0 Å². The van der Waals surface area contributed by atoms with Gasteiger partial charge in [-0.15, -0.1) is 0 Å². The Morgan fingerprint density at radius 1 is 1.27 bits per heavy atom. The average Bonchev–Trinajstić information content (AvgIpc) is 2.17. The smallest absolute Gasteiger partial charge is 0.385 e. The maximum atomic E-state index is 12.7. The topological polar surface area (TPSA) is 32.3 Å². The Labute approximate surface area is 84.7 Å². The summed E-state index contributed by atoms with van der Waals surface area (Å²) in [6.45, 7) is 0.118. The minimum Gasteiger partial charge on any atom is -0.385 e. The normalized spacial score (nSPS) is 25.6. The number of rotatable bonds is 0. The Kier molecular flexibility index (Phi) is 2.15. The van der Waals surface area contributed by atoms with Crippen LogP contribution in [0.25, 0.3) is 0 Å². The molecule has 2 N–H and O–H groups in total. The van der Waals surface area contributed by atoms with Crippen LogP contribution in [0.2, 0.25) is 0 Å².